The number of hydrogen-bond acceptors (Lipinski definition) is 5. The fourth-order valence-corrected chi connectivity index (χ4v) is 1.44. The number of hydrogen-bond donors (Lipinski definition) is 1. The van der Waals surface area contributed by atoms with E-state index in [1.165, 1.54) is 0 Å². The summed E-state index contributed by atoms with van der Waals surface area (Å²) >= 11 is 0. The molecule has 0 rings (SSSR count). The summed E-state index contributed by atoms with van der Waals surface area (Å²) in [6, 6.07) is 0. The molecule has 0 aromatic rings. The zero-order valence-electron chi connectivity index (χ0n) is 8.64. The molecular formula is C8H18O5P-. The zero-order valence-corrected chi connectivity index (χ0v) is 9.53. The molecule has 0 aliphatic carbocycles. The molecule has 0 heterocycles. The van der Waals surface area contributed by atoms with Gasteiger partial charge in [-0.2, -0.15) is 0 Å². The Morgan fingerprint density at radius 3 is 2.57 bits per heavy atom. The van der Waals surface area contributed by atoms with Gasteiger partial charge in [0.05, 0.1) is 19.3 Å². The first-order chi connectivity index (χ1) is 6.52. The second-order valence-electron chi connectivity index (χ2n) is 2.99. The topological polar surface area (TPSA) is 78.8 Å². The van der Waals surface area contributed by atoms with E-state index in [1.54, 1.807) is 6.92 Å². The molecule has 0 bridgehead atoms. The van der Waals surface area contributed by atoms with Crippen LogP contribution in [0.15, 0.2) is 0 Å². The van der Waals surface area contributed by atoms with Crippen molar-refractivity contribution in [2.75, 3.05) is 13.2 Å². The van der Waals surface area contributed by atoms with Gasteiger partial charge in [0.15, 0.2) is 0 Å². The van der Waals surface area contributed by atoms with Crippen molar-refractivity contribution >= 4 is 7.82 Å². The second-order valence-corrected chi connectivity index (χ2v) is 4.40. The number of phosphoric ester groups is 1. The van der Waals surface area contributed by atoms with Gasteiger partial charge in [0.1, 0.15) is 0 Å². The van der Waals surface area contributed by atoms with Gasteiger partial charge in [-0.05, 0) is 12.8 Å². The largest absolute Gasteiger partial charge is 0.756 e. The third-order valence-corrected chi connectivity index (χ3v) is 2.61. The van der Waals surface area contributed by atoms with Crippen molar-refractivity contribution in [1.29, 1.82) is 0 Å². The van der Waals surface area contributed by atoms with Crippen LogP contribution >= 0.6 is 7.82 Å². The molecule has 86 valence electrons. The summed E-state index contributed by atoms with van der Waals surface area (Å²) in [5.41, 5.74) is 0. The highest BCUT2D eigenvalue weighted by molar-refractivity contribution is 7.45. The molecule has 0 amide bonds. The summed E-state index contributed by atoms with van der Waals surface area (Å²) in [5.74, 6) is 0. The lowest BCUT2D eigenvalue weighted by atomic mass is 10.3. The van der Waals surface area contributed by atoms with Crippen LogP contribution in [0.2, 0.25) is 0 Å². The van der Waals surface area contributed by atoms with E-state index in [-0.39, 0.29) is 13.2 Å². The fraction of sp³-hybridized carbons (Fsp3) is 1.00. The Bertz CT molecular complexity index is 185. The highest BCUT2D eigenvalue weighted by Gasteiger charge is 2.11. The SMILES string of the molecule is CCCCOP(=O)([O-])OCC(O)CC. The predicted molar refractivity (Wildman–Crippen MR) is 50.7 cm³/mol. The molecule has 0 aliphatic rings. The van der Waals surface area contributed by atoms with E-state index < -0.39 is 13.9 Å². The van der Waals surface area contributed by atoms with E-state index in [0.717, 1.165) is 6.42 Å². The van der Waals surface area contributed by atoms with Crippen LogP contribution in [0.5, 0.6) is 0 Å². The first-order valence-corrected chi connectivity index (χ1v) is 6.26. The molecule has 0 aromatic carbocycles. The van der Waals surface area contributed by atoms with E-state index in [4.69, 9.17) is 5.11 Å². The van der Waals surface area contributed by atoms with Gasteiger partial charge in [0, 0.05) is 0 Å². The molecule has 0 fully saturated rings. The Balaban J connectivity index is 3.66. The maximum atomic E-state index is 11.0. The first kappa shape index (κ1) is 14.1. The second kappa shape index (κ2) is 7.37. The third kappa shape index (κ3) is 7.47. The maximum Gasteiger partial charge on any atom is 0.267 e. The summed E-state index contributed by atoms with van der Waals surface area (Å²) in [4.78, 5) is 11.0. The highest BCUT2D eigenvalue weighted by atomic mass is 31.2. The molecule has 0 saturated carbocycles. The number of rotatable bonds is 8. The van der Waals surface area contributed by atoms with Crippen molar-refractivity contribution in [2.45, 2.75) is 39.2 Å². The summed E-state index contributed by atoms with van der Waals surface area (Å²) in [6.07, 6.45) is 1.23. The number of aliphatic hydroxyl groups excluding tert-OH is 1. The fourth-order valence-electron chi connectivity index (χ4n) is 0.653. The van der Waals surface area contributed by atoms with Crippen molar-refractivity contribution in [1.82, 2.24) is 0 Å². The van der Waals surface area contributed by atoms with E-state index >= 15 is 0 Å². The molecule has 1 N–H and O–H groups in total. The Labute approximate surface area is 84.7 Å². The Kier molecular flexibility index (Phi) is 7.41. The molecule has 0 aromatic heterocycles. The molecule has 0 radical (unpaired) electrons. The molecule has 0 saturated heterocycles. The van der Waals surface area contributed by atoms with Gasteiger partial charge in [0.2, 0.25) is 0 Å². The number of aliphatic hydroxyl groups is 1. The van der Waals surface area contributed by atoms with Crippen LogP contribution in [0.3, 0.4) is 0 Å². The van der Waals surface area contributed by atoms with Gasteiger partial charge in [0.25, 0.3) is 7.82 Å². The van der Waals surface area contributed by atoms with Crippen molar-refractivity contribution in [3.05, 3.63) is 0 Å². The average Bonchev–Trinajstić information content (AvgIpc) is 2.14. The predicted octanol–water partition coefficient (Wildman–Crippen LogP) is 1.06. The summed E-state index contributed by atoms with van der Waals surface area (Å²) < 4.78 is 20.0. The minimum atomic E-state index is -4.20. The van der Waals surface area contributed by atoms with Crippen molar-refractivity contribution in [3.8, 4) is 0 Å². The van der Waals surface area contributed by atoms with Gasteiger partial charge < -0.3 is 19.0 Å². The third-order valence-electron chi connectivity index (χ3n) is 1.64. The standard InChI is InChI=1S/C8H19O5P/c1-3-5-6-12-14(10,11)13-7-8(9)4-2/h8-9H,3-7H2,1-2H3,(H,10,11)/p-1. The van der Waals surface area contributed by atoms with E-state index in [9.17, 15) is 9.46 Å². The van der Waals surface area contributed by atoms with Crippen LogP contribution in [0.25, 0.3) is 0 Å². The lowest BCUT2D eigenvalue weighted by molar-refractivity contribution is -0.227. The molecule has 6 heteroatoms. The van der Waals surface area contributed by atoms with E-state index in [0.29, 0.717) is 12.8 Å². The number of phosphoric acid groups is 1. The van der Waals surface area contributed by atoms with Crippen LogP contribution < -0.4 is 4.89 Å². The summed E-state index contributed by atoms with van der Waals surface area (Å²) in [6.45, 7) is 3.57. The Hall–Kier alpha value is 0.0700. The normalized spacial score (nSPS) is 17.7. The van der Waals surface area contributed by atoms with Crippen molar-refractivity contribution < 1.29 is 23.6 Å². The molecule has 0 aliphatic heterocycles. The number of unbranched alkanes of at least 4 members (excludes halogenated alkanes) is 1. The minimum absolute atomic E-state index is 0.138. The minimum Gasteiger partial charge on any atom is -0.756 e. The van der Waals surface area contributed by atoms with Crippen molar-refractivity contribution in [2.24, 2.45) is 0 Å². The van der Waals surface area contributed by atoms with Crippen molar-refractivity contribution in [3.63, 3.8) is 0 Å². The lowest BCUT2D eigenvalue weighted by Gasteiger charge is -2.23. The molecule has 5 nitrogen and oxygen atoms in total. The van der Waals surface area contributed by atoms with Crippen LogP contribution in [0, 0.1) is 0 Å². The molecule has 2 atom stereocenters. The maximum absolute atomic E-state index is 11.0. The average molecular weight is 225 g/mol. The molecule has 14 heavy (non-hydrogen) atoms. The quantitative estimate of drug-likeness (QED) is 0.493. The van der Waals surface area contributed by atoms with Crippen LogP contribution in [0.4, 0.5) is 0 Å². The van der Waals surface area contributed by atoms with Crippen LogP contribution in [0.1, 0.15) is 33.1 Å². The van der Waals surface area contributed by atoms with E-state index in [2.05, 4.69) is 9.05 Å². The molecule has 0 spiro atoms. The Morgan fingerprint density at radius 1 is 1.43 bits per heavy atom. The van der Waals surface area contributed by atoms with Gasteiger partial charge in [-0.15, -0.1) is 0 Å². The van der Waals surface area contributed by atoms with Gasteiger partial charge in [-0.25, -0.2) is 0 Å². The summed E-state index contributed by atoms with van der Waals surface area (Å²) in [5, 5.41) is 9.05. The van der Waals surface area contributed by atoms with Crippen LogP contribution in [-0.4, -0.2) is 24.4 Å². The highest BCUT2D eigenvalue weighted by Crippen LogP contribution is 2.38. The lowest BCUT2D eigenvalue weighted by Crippen LogP contribution is -2.17. The smallest absolute Gasteiger partial charge is 0.267 e. The molecular weight excluding hydrogens is 207 g/mol. The van der Waals surface area contributed by atoms with Crippen LogP contribution in [-0.2, 0) is 13.6 Å². The Morgan fingerprint density at radius 2 is 2.07 bits per heavy atom. The van der Waals surface area contributed by atoms with Gasteiger partial charge in [-0.1, -0.05) is 20.3 Å². The summed E-state index contributed by atoms with van der Waals surface area (Å²) in [7, 11) is -4.20. The molecule has 2 unspecified atom stereocenters. The zero-order chi connectivity index (χ0) is 11.0. The monoisotopic (exact) mass is 225 g/mol. The van der Waals surface area contributed by atoms with E-state index in [1.807, 2.05) is 6.92 Å². The van der Waals surface area contributed by atoms with Gasteiger partial charge >= 0.3 is 0 Å². The van der Waals surface area contributed by atoms with Gasteiger partial charge in [-0.3, -0.25) is 4.57 Å². The first-order valence-electron chi connectivity index (χ1n) is 4.80.